The van der Waals surface area contributed by atoms with E-state index in [0.717, 1.165) is 31.8 Å². The third kappa shape index (κ3) is 5.83. The monoisotopic (exact) mass is 571 g/mol. The van der Waals surface area contributed by atoms with Crippen LogP contribution < -0.4 is 16.0 Å². The normalized spacial score (nSPS) is 14.8. The Balaban J connectivity index is 0.000000233. The van der Waals surface area contributed by atoms with Gasteiger partial charge < -0.3 is 16.0 Å². The van der Waals surface area contributed by atoms with Crippen LogP contribution >= 0.6 is 45.9 Å². The number of hydrogen-bond donors (Lipinski definition) is 2. The second-order valence-corrected chi connectivity index (χ2v) is 11.2. The SMILES string of the molecule is Clc1ncnc2ccsc12.NC1(C(=O)NCc2ccc(Cl)cc2)CCN(c2ncnc3ccsc23)CC1. The highest BCUT2D eigenvalue weighted by atomic mass is 35.5. The Kier molecular flexibility index (Phi) is 7.82. The molecule has 6 rings (SSSR count). The first-order valence-electron chi connectivity index (χ1n) is 11.5. The Labute approximate surface area is 231 Å². The Morgan fingerprint density at radius 1 is 0.919 bits per heavy atom. The summed E-state index contributed by atoms with van der Waals surface area (Å²) in [6.45, 7) is 1.82. The van der Waals surface area contributed by atoms with Crippen LogP contribution in [0.15, 0.2) is 59.8 Å². The van der Waals surface area contributed by atoms with E-state index in [1.54, 1.807) is 29.0 Å². The van der Waals surface area contributed by atoms with E-state index in [9.17, 15) is 4.79 Å². The van der Waals surface area contributed by atoms with Gasteiger partial charge in [-0.05, 0) is 53.4 Å². The van der Waals surface area contributed by atoms with Crippen LogP contribution in [0.5, 0.6) is 0 Å². The van der Waals surface area contributed by atoms with Gasteiger partial charge in [-0.1, -0.05) is 35.3 Å². The average Bonchev–Trinajstić information content (AvgIpc) is 3.59. The number of anilines is 1. The van der Waals surface area contributed by atoms with Crippen molar-refractivity contribution in [3.63, 3.8) is 0 Å². The van der Waals surface area contributed by atoms with Gasteiger partial charge in [-0.3, -0.25) is 4.79 Å². The fraction of sp³-hybridized carbons (Fsp3) is 0.240. The van der Waals surface area contributed by atoms with Gasteiger partial charge in [0.05, 0.1) is 26.0 Å². The molecule has 1 saturated heterocycles. The number of piperidine rings is 1. The van der Waals surface area contributed by atoms with Crippen molar-refractivity contribution >= 4 is 78.0 Å². The number of aromatic nitrogens is 4. The third-order valence-electron chi connectivity index (χ3n) is 6.20. The predicted octanol–water partition coefficient (Wildman–Crippen LogP) is 5.30. The van der Waals surface area contributed by atoms with E-state index >= 15 is 0 Å². The average molecular weight is 573 g/mol. The predicted molar refractivity (Wildman–Crippen MR) is 152 cm³/mol. The maximum absolute atomic E-state index is 12.7. The van der Waals surface area contributed by atoms with Crippen LogP contribution in [0.25, 0.3) is 20.4 Å². The molecular formula is C25H23Cl2N7OS2. The Hall–Kier alpha value is -2.89. The summed E-state index contributed by atoms with van der Waals surface area (Å²) >= 11 is 14.8. The molecule has 0 unspecified atom stereocenters. The highest BCUT2D eigenvalue weighted by Gasteiger charge is 2.38. The van der Waals surface area contributed by atoms with Gasteiger partial charge in [0.2, 0.25) is 5.91 Å². The van der Waals surface area contributed by atoms with Crippen LogP contribution in [0.3, 0.4) is 0 Å². The highest BCUT2D eigenvalue weighted by molar-refractivity contribution is 7.18. The summed E-state index contributed by atoms with van der Waals surface area (Å²) in [5.74, 6) is 0.819. The van der Waals surface area contributed by atoms with Crippen LogP contribution in [0.4, 0.5) is 5.82 Å². The van der Waals surface area contributed by atoms with Crippen molar-refractivity contribution in [1.82, 2.24) is 25.3 Å². The molecule has 0 saturated carbocycles. The molecule has 0 spiro atoms. The number of fused-ring (bicyclic) bond motifs is 2. The molecule has 190 valence electrons. The lowest BCUT2D eigenvalue weighted by Crippen LogP contribution is -2.59. The number of carbonyl (C=O) groups is 1. The number of thiophene rings is 2. The molecule has 5 heterocycles. The zero-order valence-electron chi connectivity index (χ0n) is 19.6. The van der Waals surface area contributed by atoms with Gasteiger partial charge in [-0.2, -0.15) is 0 Å². The molecule has 8 nitrogen and oxygen atoms in total. The van der Waals surface area contributed by atoms with E-state index in [1.807, 2.05) is 47.2 Å². The van der Waals surface area contributed by atoms with Gasteiger partial charge in [0, 0.05) is 24.7 Å². The van der Waals surface area contributed by atoms with Gasteiger partial charge in [0.15, 0.2) is 0 Å². The molecule has 5 aromatic rings. The largest absolute Gasteiger partial charge is 0.355 e. The van der Waals surface area contributed by atoms with E-state index in [-0.39, 0.29) is 5.91 Å². The lowest BCUT2D eigenvalue weighted by atomic mass is 9.87. The molecular weight excluding hydrogens is 549 g/mol. The highest BCUT2D eigenvalue weighted by Crippen LogP contribution is 2.31. The van der Waals surface area contributed by atoms with E-state index in [2.05, 4.69) is 30.2 Å². The summed E-state index contributed by atoms with van der Waals surface area (Å²) in [6.07, 6.45) is 4.22. The van der Waals surface area contributed by atoms with Gasteiger partial charge in [0.1, 0.15) is 23.6 Å². The van der Waals surface area contributed by atoms with Crippen molar-refractivity contribution in [2.45, 2.75) is 24.9 Å². The first-order valence-corrected chi connectivity index (χ1v) is 14.0. The smallest absolute Gasteiger partial charge is 0.240 e. The second kappa shape index (κ2) is 11.2. The van der Waals surface area contributed by atoms with Gasteiger partial charge >= 0.3 is 0 Å². The topological polar surface area (TPSA) is 110 Å². The summed E-state index contributed by atoms with van der Waals surface area (Å²) in [6, 6.07) is 11.3. The van der Waals surface area contributed by atoms with Gasteiger partial charge in [-0.25, -0.2) is 19.9 Å². The maximum atomic E-state index is 12.7. The minimum Gasteiger partial charge on any atom is -0.355 e. The fourth-order valence-corrected chi connectivity index (χ4v) is 6.05. The van der Waals surface area contributed by atoms with E-state index in [1.165, 1.54) is 6.33 Å². The maximum Gasteiger partial charge on any atom is 0.240 e. The number of amides is 1. The first kappa shape index (κ1) is 25.7. The van der Waals surface area contributed by atoms with Crippen LogP contribution in [0.2, 0.25) is 10.2 Å². The molecule has 1 amide bonds. The number of hydrogen-bond acceptors (Lipinski definition) is 9. The zero-order chi connectivity index (χ0) is 25.8. The number of nitrogens with one attached hydrogen (secondary N) is 1. The zero-order valence-corrected chi connectivity index (χ0v) is 22.7. The van der Waals surface area contributed by atoms with Gasteiger partial charge in [0.25, 0.3) is 0 Å². The Morgan fingerprint density at radius 2 is 1.54 bits per heavy atom. The summed E-state index contributed by atoms with van der Waals surface area (Å²) in [5.41, 5.74) is 8.45. The number of rotatable bonds is 4. The minimum atomic E-state index is -0.857. The van der Waals surface area contributed by atoms with Crippen LogP contribution in [0.1, 0.15) is 18.4 Å². The summed E-state index contributed by atoms with van der Waals surface area (Å²) in [4.78, 5) is 31.5. The van der Waals surface area contributed by atoms with E-state index in [0.29, 0.717) is 42.7 Å². The minimum absolute atomic E-state index is 0.110. The van der Waals surface area contributed by atoms with Crippen molar-refractivity contribution in [3.8, 4) is 0 Å². The number of benzene rings is 1. The van der Waals surface area contributed by atoms with Crippen LogP contribution in [0, 0.1) is 0 Å². The molecule has 0 aliphatic carbocycles. The van der Waals surface area contributed by atoms with Crippen molar-refractivity contribution in [2.75, 3.05) is 18.0 Å². The second-order valence-electron chi connectivity index (χ2n) is 8.58. The Morgan fingerprint density at radius 3 is 2.22 bits per heavy atom. The molecule has 1 aliphatic heterocycles. The molecule has 1 aliphatic rings. The first-order chi connectivity index (χ1) is 17.9. The summed E-state index contributed by atoms with van der Waals surface area (Å²) in [7, 11) is 0. The number of carbonyl (C=O) groups excluding carboxylic acids is 1. The van der Waals surface area contributed by atoms with E-state index in [4.69, 9.17) is 28.9 Å². The third-order valence-corrected chi connectivity index (χ3v) is 8.66. The summed E-state index contributed by atoms with van der Waals surface area (Å²) in [5, 5.41) is 8.15. The molecule has 37 heavy (non-hydrogen) atoms. The number of halogens is 2. The number of nitrogens with zero attached hydrogens (tertiary/aromatic N) is 5. The van der Waals surface area contributed by atoms with Crippen molar-refractivity contribution in [1.29, 1.82) is 0 Å². The van der Waals surface area contributed by atoms with Crippen LogP contribution in [-0.2, 0) is 11.3 Å². The standard InChI is InChI=1S/C19H20ClN5OS.C6H3ClN2S/c20-14-3-1-13(2-4-14)11-22-18(26)19(21)6-8-25(9-7-19)17-16-15(5-10-27-16)23-12-24-17;7-6-5-4(1-2-10-5)8-3-9-6/h1-5,10,12H,6-9,11,21H2,(H,22,26);1-3H. The molecule has 0 atom stereocenters. The molecule has 4 aromatic heterocycles. The fourth-order valence-electron chi connectivity index (χ4n) is 4.07. The van der Waals surface area contributed by atoms with Crippen molar-refractivity contribution in [2.24, 2.45) is 5.73 Å². The van der Waals surface area contributed by atoms with Crippen molar-refractivity contribution in [3.05, 3.63) is 75.6 Å². The molecule has 3 N–H and O–H groups in total. The lowest BCUT2D eigenvalue weighted by molar-refractivity contribution is -0.127. The van der Waals surface area contributed by atoms with Crippen LogP contribution in [-0.4, -0.2) is 44.5 Å². The quantitative estimate of drug-likeness (QED) is 0.281. The molecule has 0 radical (unpaired) electrons. The Bertz CT molecular complexity index is 1510. The molecule has 1 fully saturated rings. The number of nitrogens with two attached hydrogens (primary N) is 1. The van der Waals surface area contributed by atoms with E-state index < -0.39 is 5.54 Å². The molecule has 12 heteroatoms. The molecule has 0 bridgehead atoms. The lowest BCUT2D eigenvalue weighted by Gasteiger charge is -2.38. The summed E-state index contributed by atoms with van der Waals surface area (Å²) < 4.78 is 2.04. The van der Waals surface area contributed by atoms with Gasteiger partial charge in [-0.15, -0.1) is 22.7 Å². The van der Waals surface area contributed by atoms with Crippen molar-refractivity contribution < 1.29 is 4.79 Å². The molecule has 1 aromatic carbocycles.